The van der Waals surface area contributed by atoms with Crippen molar-refractivity contribution in [2.24, 2.45) is 7.05 Å². The number of nitrogens with zero attached hydrogens (tertiary/aromatic N) is 2. The number of benzene rings is 1. The molecule has 102 valence electrons. The lowest BCUT2D eigenvalue weighted by Crippen LogP contribution is -2.01. The second kappa shape index (κ2) is 5.25. The summed E-state index contributed by atoms with van der Waals surface area (Å²) in [6, 6.07) is 4.04. The molecule has 1 heterocycles. The van der Waals surface area contributed by atoms with Crippen molar-refractivity contribution in [1.82, 2.24) is 9.78 Å². The number of nitrogen functional groups attached to an aromatic ring is 1. The van der Waals surface area contributed by atoms with Gasteiger partial charge in [-0.05, 0) is 23.6 Å². The Kier molecular flexibility index (Phi) is 3.85. The molecule has 2 rings (SSSR count). The van der Waals surface area contributed by atoms with Gasteiger partial charge in [0.2, 0.25) is 0 Å². The van der Waals surface area contributed by atoms with E-state index < -0.39 is 0 Å². The molecular weight excluding hydrogens is 306 g/mol. The summed E-state index contributed by atoms with van der Waals surface area (Å²) in [4.78, 5) is 0. The number of anilines is 1. The topological polar surface area (TPSA) is 53.1 Å². The minimum Gasteiger partial charge on any atom is -0.496 e. The first-order valence-electron chi connectivity index (χ1n) is 6.11. The van der Waals surface area contributed by atoms with Gasteiger partial charge in [0.05, 0.1) is 13.3 Å². The Morgan fingerprint density at radius 1 is 1.32 bits per heavy atom. The Labute approximate surface area is 121 Å². The number of nitrogens with two attached hydrogens (primary N) is 1. The number of hydrogen-bond donors (Lipinski definition) is 1. The smallest absolute Gasteiger partial charge is 0.129 e. The number of aromatic nitrogens is 2. The summed E-state index contributed by atoms with van der Waals surface area (Å²) >= 11 is 3.52. The molecule has 0 saturated heterocycles. The highest BCUT2D eigenvalue weighted by Gasteiger charge is 2.18. The van der Waals surface area contributed by atoms with Crippen molar-refractivity contribution in [3.8, 4) is 16.9 Å². The van der Waals surface area contributed by atoms with Crippen molar-refractivity contribution in [1.29, 1.82) is 0 Å². The van der Waals surface area contributed by atoms with Gasteiger partial charge >= 0.3 is 0 Å². The Balaban J connectivity index is 2.74. The second-order valence-electron chi connectivity index (χ2n) is 4.79. The third kappa shape index (κ3) is 2.47. The third-order valence-corrected chi connectivity index (χ3v) is 3.64. The first-order valence-corrected chi connectivity index (χ1v) is 6.90. The third-order valence-electron chi connectivity index (χ3n) is 3.18. The molecule has 2 N–H and O–H groups in total. The predicted molar refractivity (Wildman–Crippen MR) is 81.4 cm³/mol. The number of aryl methyl sites for hydroxylation is 1. The fraction of sp³-hybridized carbons (Fsp3) is 0.357. The van der Waals surface area contributed by atoms with Gasteiger partial charge in [0, 0.05) is 22.6 Å². The largest absolute Gasteiger partial charge is 0.496 e. The zero-order chi connectivity index (χ0) is 14.2. The van der Waals surface area contributed by atoms with Crippen LogP contribution >= 0.6 is 15.9 Å². The van der Waals surface area contributed by atoms with Crippen LogP contribution in [-0.4, -0.2) is 16.9 Å². The lowest BCUT2D eigenvalue weighted by Gasteiger charge is -2.17. The molecule has 0 saturated carbocycles. The van der Waals surface area contributed by atoms with Crippen LogP contribution in [0, 0.1) is 0 Å². The van der Waals surface area contributed by atoms with Crippen molar-refractivity contribution in [2.45, 2.75) is 19.8 Å². The van der Waals surface area contributed by atoms with E-state index in [9.17, 15) is 0 Å². The van der Waals surface area contributed by atoms with Gasteiger partial charge in [0.15, 0.2) is 0 Å². The first-order chi connectivity index (χ1) is 8.95. The highest BCUT2D eigenvalue weighted by Crippen LogP contribution is 2.40. The maximum Gasteiger partial charge on any atom is 0.129 e. The molecule has 0 spiro atoms. The van der Waals surface area contributed by atoms with E-state index in [0.717, 1.165) is 26.9 Å². The van der Waals surface area contributed by atoms with Crippen molar-refractivity contribution < 1.29 is 4.74 Å². The summed E-state index contributed by atoms with van der Waals surface area (Å²) in [6.45, 7) is 4.28. The molecule has 4 nitrogen and oxygen atoms in total. The van der Waals surface area contributed by atoms with E-state index in [0.29, 0.717) is 11.7 Å². The van der Waals surface area contributed by atoms with Crippen LogP contribution in [0.25, 0.3) is 11.1 Å². The Morgan fingerprint density at radius 2 is 2.00 bits per heavy atom. The summed E-state index contributed by atoms with van der Waals surface area (Å²) in [5.41, 5.74) is 9.23. The number of halogens is 1. The Morgan fingerprint density at radius 3 is 2.47 bits per heavy atom. The molecule has 0 amide bonds. The molecule has 1 aromatic heterocycles. The maximum absolute atomic E-state index is 6.09. The second-order valence-corrected chi connectivity index (χ2v) is 5.71. The van der Waals surface area contributed by atoms with Crippen LogP contribution in [0.2, 0.25) is 0 Å². The van der Waals surface area contributed by atoms with E-state index >= 15 is 0 Å². The van der Waals surface area contributed by atoms with Gasteiger partial charge in [-0.15, -0.1) is 0 Å². The first kappa shape index (κ1) is 13.9. The minimum absolute atomic E-state index is 0.331. The van der Waals surface area contributed by atoms with Crippen LogP contribution in [0.5, 0.6) is 5.75 Å². The summed E-state index contributed by atoms with van der Waals surface area (Å²) in [7, 11) is 3.52. The minimum atomic E-state index is 0.331. The summed E-state index contributed by atoms with van der Waals surface area (Å²) in [5, 5.41) is 4.21. The van der Waals surface area contributed by atoms with E-state index in [1.165, 1.54) is 0 Å². The van der Waals surface area contributed by atoms with Gasteiger partial charge in [0.25, 0.3) is 0 Å². The maximum atomic E-state index is 6.09. The van der Waals surface area contributed by atoms with Crippen molar-refractivity contribution in [3.63, 3.8) is 0 Å². The van der Waals surface area contributed by atoms with Crippen molar-refractivity contribution in [2.75, 3.05) is 12.8 Å². The van der Waals surface area contributed by atoms with E-state index in [4.69, 9.17) is 10.5 Å². The highest BCUT2D eigenvalue weighted by molar-refractivity contribution is 9.10. The van der Waals surface area contributed by atoms with E-state index in [1.54, 1.807) is 18.0 Å². The van der Waals surface area contributed by atoms with Crippen LogP contribution in [0.15, 0.2) is 22.8 Å². The molecule has 0 radical (unpaired) electrons. The van der Waals surface area contributed by atoms with Crippen molar-refractivity contribution in [3.05, 3.63) is 28.4 Å². The Hall–Kier alpha value is -1.49. The van der Waals surface area contributed by atoms with E-state index in [1.807, 2.05) is 13.1 Å². The van der Waals surface area contributed by atoms with Gasteiger partial charge < -0.3 is 10.5 Å². The Bertz CT molecular complexity index is 605. The summed E-state index contributed by atoms with van der Waals surface area (Å²) < 4.78 is 8.14. The van der Waals surface area contributed by atoms with Gasteiger partial charge in [-0.3, -0.25) is 4.68 Å². The van der Waals surface area contributed by atoms with E-state index in [2.05, 4.69) is 40.9 Å². The number of ether oxygens (including phenoxy) is 1. The quantitative estimate of drug-likeness (QED) is 0.939. The molecule has 0 unspecified atom stereocenters. The zero-order valence-corrected chi connectivity index (χ0v) is 13.2. The fourth-order valence-corrected chi connectivity index (χ4v) is 2.67. The van der Waals surface area contributed by atoms with E-state index in [-0.39, 0.29) is 0 Å². The molecule has 5 heteroatoms. The van der Waals surface area contributed by atoms with Gasteiger partial charge in [-0.2, -0.15) is 5.10 Å². The normalized spacial score (nSPS) is 11.1. The SMILES string of the molecule is COc1cc(Br)cc(-c2cnn(C)c2N)c1C(C)C. The monoisotopic (exact) mass is 323 g/mol. The zero-order valence-electron chi connectivity index (χ0n) is 11.6. The predicted octanol–water partition coefficient (Wildman–Crippen LogP) is 3.56. The number of rotatable bonds is 3. The lowest BCUT2D eigenvalue weighted by atomic mass is 9.92. The standard InChI is InChI=1S/C14H18BrN3O/c1-8(2)13-10(5-9(15)6-12(13)19-4)11-7-17-18(3)14(11)16/h5-8H,16H2,1-4H3. The van der Waals surface area contributed by atoms with Crippen molar-refractivity contribution >= 4 is 21.7 Å². The molecule has 1 aromatic carbocycles. The van der Waals surface area contributed by atoms with Crippen LogP contribution < -0.4 is 10.5 Å². The molecule has 0 aliphatic rings. The van der Waals surface area contributed by atoms with Crippen LogP contribution in [-0.2, 0) is 7.05 Å². The van der Waals surface area contributed by atoms with Crippen LogP contribution in [0.3, 0.4) is 0 Å². The highest BCUT2D eigenvalue weighted by atomic mass is 79.9. The van der Waals surface area contributed by atoms with Gasteiger partial charge in [-0.25, -0.2) is 0 Å². The molecule has 0 aliphatic heterocycles. The van der Waals surface area contributed by atoms with Gasteiger partial charge in [0.1, 0.15) is 11.6 Å². The lowest BCUT2D eigenvalue weighted by molar-refractivity contribution is 0.407. The molecule has 0 bridgehead atoms. The van der Waals surface area contributed by atoms with Gasteiger partial charge in [-0.1, -0.05) is 29.8 Å². The van der Waals surface area contributed by atoms with Crippen LogP contribution in [0.1, 0.15) is 25.3 Å². The molecule has 0 aliphatic carbocycles. The average Bonchev–Trinajstić information content (AvgIpc) is 2.68. The molecule has 0 atom stereocenters. The summed E-state index contributed by atoms with van der Waals surface area (Å²) in [5.74, 6) is 1.85. The molecular formula is C14H18BrN3O. The average molecular weight is 324 g/mol. The molecule has 2 aromatic rings. The molecule has 0 fully saturated rings. The summed E-state index contributed by atoms with van der Waals surface area (Å²) in [6.07, 6.45) is 1.79. The van der Waals surface area contributed by atoms with Crippen LogP contribution in [0.4, 0.5) is 5.82 Å². The molecule has 19 heavy (non-hydrogen) atoms. The number of methoxy groups -OCH3 is 1. The number of hydrogen-bond acceptors (Lipinski definition) is 3. The fourth-order valence-electron chi connectivity index (χ4n) is 2.23.